The topological polar surface area (TPSA) is 57.6 Å². The number of carbonyl (C=O) groups excluding carboxylic acids is 1. The van der Waals surface area contributed by atoms with E-state index in [1.165, 1.54) is 4.90 Å². The van der Waals surface area contributed by atoms with E-state index >= 15 is 0 Å². The average Bonchev–Trinajstić information content (AvgIpc) is 2.42. The number of nitrogens with zero attached hydrogens (tertiary/aromatic N) is 1. The second-order valence-corrected chi connectivity index (χ2v) is 5.79. The van der Waals surface area contributed by atoms with Gasteiger partial charge in [-0.15, -0.1) is 0 Å². The van der Waals surface area contributed by atoms with Gasteiger partial charge in [-0.1, -0.05) is 43.1 Å². The largest absolute Gasteiger partial charge is 0.480 e. The second kappa shape index (κ2) is 8.25. The third-order valence-electron chi connectivity index (χ3n) is 3.34. The summed E-state index contributed by atoms with van der Waals surface area (Å²) in [6.07, 6.45) is 1.17. The fourth-order valence-electron chi connectivity index (χ4n) is 1.90. The van der Waals surface area contributed by atoms with Gasteiger partial charge >= 0.3 is 5.97 Å². The zero-order chi connectivity index (χ0) is 16.0. The monoisotopic (exact) mass is 331 g/mol. The predicted octanol–water partition coefficient (Wildman–Crippen LogP) is 3.50. The summed E-state index contributed by atoms with van der Waals surface area (Å²) in [4.78, 5) is 24.5. The van der Waals surface area contributed by atoms with Crippen LogP contribution in [0.2, 0.25) is 10.0 Å². The summed E-state index contributed by atoms with van der Waals surface area (Å²) in [5.41, 5.74) is 0.841. The Balaban J connectivity index is 2.77. The Bertz CT molecular complexity index is 520. The van der Waals surface area contributed by atoms with Crippen molar-refractivity contribution in [2.75, 3.05) is 13.1 Å². The molecule has 1 rings (SSSR count). The fraction of sp³-hybridized carbons (Fsp3) is 0.467. The molecule has 0 saturated heterocycles. The number of rotatable bonds is 7. The molecule has 1 aromatic carbocycles. The van der Waals surface area contributed by atoms with Crippen molar-refractivity contribution in [3.63, 3.8) is 0 Å². The normalized spacial score (nSPS) is 12.0. The Hall–Kier alpha value is -1.26. The molecule has 0 radical (unpaired) electrons. The molecular weight excluding hydrogens is 313 g/mol. The van der Waals surface area contributed by atoms with Crippen LogP contribution >= 0.6 is 23.2 Å². The van der Waals surface area contributed by atoms with Gasteiger partial charge in [-0.05, 0) is 30.5 Å². The lowest BCUT2D eigenvalue weighted by atomic mass is 10.1. The molecule has 0 fully saturated rings. The number of hydrogen-bond donors (Lipinski definition) is 1. The van der Waals surface area contributed by atoms with Gasteiger partial charge in [-0.2, -0.15) is 0 Å². The molecule has 116 valence electrons. The van der Waals surface area contributed by atoms with Crippen molar-refractivity contribution in [3.8, 4) is 0 Å². The average molecular weight is 332 g/mol. The number of carboxylic acids is 1. The number of hydrogen-bond acceptors (Lipinski definition) is 2. The highest BCUT2D eigenvalue weighted by molar-refractivity contribution is 6.35. The van der Waals surface area contributed by atoms with Gasteiger partial charge in [0, 0.05) is 22.5 Å². The van der Waals surface area contributed by atoms with E-state index in [0.717, 1.165) is 5.56 Å². The van der Waals surface area contributed by atoms with Gasteiger partial charge in [-0.3, -0.25) is 9.59 Å². The first-order chi connectivity index (χ1) is 9.85. The van der Waals surface area contributed by atoms with Crippen LogP contribution in [0, 0.1) is 5.92 Å². The number of amides is 1. The van der Waals surface area contributed by atoms with E-state index in [4.69, 9.17) is 28.3 Å². The zero-order valence-corrected chi connectivity index (χ0v) is 13.6. The highest BCUT2D eigenvalue weighted by Gasteiger charge is 2.21. The molecule has 0 aromatic heterocycles. The summed E-state index contributed by atoms with van der Waals surface area (Å²) in [5.74, 6) is -1.36. The van der Waals surface area contributed by atoms with E-state index in [9.17, 15) is 9.59 Å². The number of benzene rings is 1. The molecule has 1 aromatic rings. The van der Waals surface area contributed by atoms with E-state index in [0.29, 0.717) is 29.4 Å². The highest BCUT2D eigenvalue weighted by Crippen LogP contribution is 2.21. The maximum Gasteiger partial charge on any atom is 0.323 e. The Morgan fingerprint density at radius 3 is 2.52 bits per heavy atom. The van der Waals surface area contributed by atoms with Crippen molar-refractivity contribution in [1.82, 2.24) is 4.90 Å². The van der Waals surface area contributed by atoms with Crippen molar-refractivity contribution in [2.24, 2.45) is 5.92 Å². The van der Waals surface area contributed by atoms with E-state index < -0.39 is 5.97 Å². The summed E-state index contributed by atoms with van der Waals surface area (Å²) in [7, 11) is 0. The van der Waals surface area contributed by atoms with Crippen LogP contribution in [-0.2, 0) is 16.0 Å². The third-order valence-corrected chi connectivity index (χ3v) is 3.92. The van der Waals surface area contributed by atoms with E-state index in [1.54, 1.807) is 25.1 Å². The van der Waals surface area contributed by atoms with Crippen molar-refractivity contribution in [2.45, 2.75) is 26.7 Å². The Labute approximate surface area is 134 Å². The minimum atomic E-state index is -1.02. The number of carboxylic acid groups (broad SMARTS) is 1. The molecule has 0 aliphatic rings. The standard InChI is InChI=1S/C15H19Cl2NO3/c1-3-10(2)15(21)18(9-14(19)20)7-6-11-4-5-12(16)8-13(11)17/h4-5,8,10H,3,6-7,9H2,1-2H3,(H,19,20). The minimum Gasteiger partial charge on any atom is -0.480 e. The van der Waals surface area contributed by atoms with Crippen LogP contribution in [0.3, 0.4) is 0 Å². The molecule has 0 saturated carbocycles. The summed E-state index contributed by atoms with van der Waals surface area (Å²) in [5, 5.41) is 10.0. The van der Waals surface area contributed by atoms with Gasteiger partial charge in [0.05, 0.1) is 0 Å². The van der Waals surface area contributed by atoms with Crippen LogP contribution in [0.1, 0.15) is 25.8 Å². The van der Waals surface area contributed by atoms with Crippen molar-refractivity contribution >= 4 is 35.1 Å². The summed E-state index contributed by atoms with van der Waals surface area (Å²) in [6.45, 7) is 3.72. The van der Waals surface area contributed by atoms with Crippen LogP contribution in [0.4, 0.5) is 0 Å². The van der Waals surface area contributed by atoms with E-state index in [1.807, 2.05) is 6.92 Å². The van der Waals surface area contributed by atoms with E-state index in [2.05, 4.69) is 0 Å². The maximum absolute atomic E-state index is 12.2. The van der Waals surface area contributed by atoms with Gasteiger partial charge in [0.2, 0.25) is 5.91 Å². The SMILES string of the molecule is CCC(C)C(=O)N(CCc1ccc(Cl)cc1Cl)CC(=O)O. The second-order valence-electron chi connectivity index (χ2n) is 4.95. The molecule has 1 unspecified atom stereocenters. The minimum absolute atomic E-state index is 0.148. The molecule has 0 aliphatic carbocycles. The first kappa shape index (κ1) is 17.8. The smallest absolute Gasteiger partial charge is 0.323 e. The highest BCUT2D eigenvalue weighted by atomic mass is 35.5. The van der Waals surface area contributed by atoms with Gasteiger partial charge in [0.15, 0.2) is 0 Å². The van der Waals surface area contributed by atoms with Crippen LogP contribution < -0.4 is 0 Å². The molecule has 0 bridgehead atoms. The lowest BCUT2D eigenvalue weighted by Gasteiger charge is -2.24. The van der Waals surface area contributed by atoms with Crippen molar-refractivity contribution in [1.29, 1.82) is 0 Å². The summed E-state index contributed by atoms with van der Waals surface area (Å²) >= 11 is 11.9. The van der Waals surface area contributed by atoms with Gasteiger partial charge < -0.3 is 10.0 Å². The van der Waals surface area contributed by atoms with Gasteiger partial charge in [0.1, 0.15) is 6.54 Å². The molecule has 0 aliphatic heterocycles. The first-order valence-corrected chi connectivity index (χ1v) is 7.55. The number of aliphatic carboxylic acids is 1. The molecule has 0 heterocycles. The molecule has 1 atom stereocenters. The fourth-order valence-corrected chi connectivity index (χ4v) is 2.40. The predicted molar refractivity (Wildman–Crippen MR) is 83.8 cm³/mol. The van der Waals surface area contributed by atoms with Crippen molar-refractivity contribution in [3.05, 3.63) is 33.8 Å². The molecular formula is C15H19Cl2NO3. The Morgan fingerprint density at radius 2 is 2.00 bits per heavy atom. The number of halogens is 2. The first-order valence-electron chi connectivity index (χ1n) is 6.79. The van der Waals surface area contributed by atoms with Crippen LogP contribution in [-0.4, -0.2) is 35.0 Å². The molecule has 1 N–H and O–H groups in total. The maximum atomic E-state index is 12.2. The van der Waals surface area contributed by atoms with Crippen LogP contribution in [0.25, 0.3) is 0 Å². The van der Waals surface area contributed by atoms with Gasteiger partial charge in [-0.25, -0.2) is 0 Å². The van der Waals surface area contributed by atoms with Crippen molar-refractivity contribution < 1.29 is 14.7 Å². The number of carbonyl (C=O) groups is 2. The summed E-state index contributed by atoms with van der Waals surface area (Å²) in [6, 6.07) is 5.15. The Morgan fingerprint density at radius 1 is 1.33 bits per heavy atom. The molecule has 6 heteroatoms. The quantitative estimate of drug-likeness (QED) is 0.831. The Kier molecular flexibility index (Phi) is 6.99. The zero-order valence-electron chi connectivity index (χ0n) is 12.1. The molecule has 1 amide bonds. The van der Waals surface area contributed by atoms with E-state index in [-0.39, 0.29) is 18.4 Å². The summed E-state index contributed by atoms with van der Waals surface area (Å²) < 4.78 is 0. The van der Waals surface area contributed by atoms with Gasteiger partial charge in [0.25, 0.3) is 0 Å². The lowest BCUT2D eigenvalue weighted by Crippen LogP contribution is -2.40. The van der Waals surface area contributed by atoms with Crippen LogP contribution in [0.5, 0.6) is 0 Å². The molecule has 4 nitrogen and oxygen atoms in total. The lowest BCUT2D eigenvalue weighted by molar-refractivity contribution is -0.146. The molecule has 0 spiro atoms. The third kappa shape index (κ3) is 5.56. The molecule has 21 heavy (non-hydrogen) atoms. The van der Waals surface area contributed by atoms with Crippen LogP contribution in [0.15, 0.2) is 18.2 Å².